The molecule has 0 radical (unpaired) electrons. The van der Waals surface area contributed by atoms with Gasteiger partial charge in [-0.15, -0.1) is 0 Å². The van der Waals surface area contributed by atoms with Crippen LogP contribution in [0.25, 0.3) is 0 Å². The highest BCUT2D eigenvalue weighted by atomic mass is 19.1. The summed E-state index contributed by atoms with van der Waals surface area (Å²) in [4.78, 5) is 23.2. The van der Waals surface area contributed by atoms with Gasteiger partial charge in [0, 0.05) is 11.0 Å². The van der Waals surface area contributed by atoms with Crippen LogP contribution in [0.4, 0.5) is 14.5 Å². The van der Waals surface area contributed by atoms with Crippen LogP contribution in [0.15, 0.2) is 36.4 Å². The fourth-order valence-electron chi connectivity index (χ4n) is 2.44. The summed E-state index contributed by atoms with van der Waals surface area (Å²) in [5, 5.41) is 11.6. The van der Waals surface area contributed by atoms with Gasteiger partial charge in [0.05, 0.1) is 17.2 Å². The first-order chi connectivity index (χ1) is 13.5. The Labute approximate surface area is 169 Å². The van der Waals surface area contributed by atoms with Crippen molar-refractivity contribution < 1.29 is 23.5 Å². The minimum absolute atomic E-state index is 0.150. The van der Waals surface area contributed by atoms with Crippen LogP contribution in [0.3, 0.4) is 0 Å². The van der Waals surface area contributed by atoms with Gasteiger partial charge in [-0.25, -0.2) is 8.78 Å². The minimum Gasteiger partial charge on any atom is -0.481 e. The Kier molecular flexibility index (Phi) is 6.76. The minimum atomic E-state index is -0.952. The summed E-state index contributed by atoms with van der Waals surface area (Å²) in [7, 11) is 0. The second-order valence-electron chi connectivity index (χ2n) is 7.84. The summed E-state index contributed by atoms with van der Waals surface area (Å²) in [6, 6.07) is 9.06. The van der Waals surface area contributed by atoms with E-state index in [1.165, 1.54) is 0 Å². The normalized spacial score (nSPS) is 11.9. The van der Waals surface area contributed by atoms with Gasteiger partial charge in [-0.1, -0.05) is 57.7 Å². The van der Waals surface area contributed by atoms with E-state index >= 15 is 0 Å². The fourth-order valence-corrected chi connectivity index (χ4v) is 2.44. The van der Waals surface area contributed by atoms with Gasteiger partial charge in [-0.2, -0.15) is 0 Å². The molecule has 29 heavy (non-hydrogen) atoms. The quantitative estimate of drug-likeness (QED) is 0.738. The van der Waals surface area contributed by atoms with Crippen molar-refractivity contribution >= 4 is 17.6 Å². The maximum atomic E-state index is 14.8. The Bertz CT molecular complexity index is 997. The standard InChI is InChI=1S/C23H23F2NO3/c1-14(21(27)28)13-16-8-6-5-7-15(16)9-10-17-18(24)11-12-19(20(17)25)26-22(29)23(2,3)4/h5-8,11-12,14H,13H2,1-4H3,(H,26,29)(H,27,28). The fraction of sp³-hybridized carbons (Fsp3) is 0.304. The molecule has 2 N–H and O–H groups in total. The Hall–Kier alpha value is -3.20. The molecule has 6 heteroatoms. The lowest BCUT2D eigenvalue weighted by molar-refractivity contribution is -0.141. The van der Waals surface area contributed by atoms with Crippen molar-refractivity contribution in [3.05, 3.63) is 64.7 Å². The molecule has 2 rings (SSSR count). The van der Waals surface area contributed by atoms with E-state index in [0.29, 0.717) is 11.1 Å². The van der Waals surface area contributed by atoms with Gasteiger partial charge in [0.15, 0.2) is 5.82 Å². The molecule has 0 saturated carbocycles. The van der Waals surface area contributed by atoms with E-state index in [1.807, 2.05) is 0 Å². The number of carboxylic acid groups (broad SMARTS) is 1. The second kappa shape index (κ2) is 8.87. The van der Waals surface area contributed by atoms with Crippen molar-refractivity contribution in [1.82, 2.24) is 0 Å². The number of carboxylic acids is 1. The number of aliphatic carboxylic acids is 1. The number of hydrogen-bond donors (Lipinski definition) is 2. The summed E-state index contributed by atoms with van der Waals surface area (Å²) in [5.41, 5.74) is -0.190. The third-order valence-electron chi connectivity index (χ3n) is 4.31. The first kappa shape index (κ1) is 22.1. The zero-order chi connectivity index (χ0) is 21.8. The molecule has 0 aliphatic rings. The van der Waals surface area contributed by atoms with Crippen molar-refractivity contribution in [3.8, 4) is 11.8 Å². The zero-order valence-corrected chi connectivity index (χ0v) is 16.8. The average molecular weight is 399 g/mol. The van der Waals surface area contributed by atoms with E-state index < -0.39 is 40.4 Å². The van der Waals surface area contributed by atoms with Crippen LogP contribution in [0, 0.1) is 34.8 Å². The summed E-state index contributed by atoms with van der Waals surface area (Å²) in [6.07, 6.45) is 0.243. The third-order valence-corrected chi connectivity index (χ3v) is 4.31. The molecular weight excluding hydrogens is 376 g/mol. The maximum Gasteiger partial charge on any atom is 0.306 e. The molecule has 152 valence electrons. The van der Waals surface area contributed by atoms with Crippen molar-refractivity contribution in [2.24, 2.45) is 11.3 Å². The Morgan fingerprint density at radius 1 is 1.10 bits per heavy atom. The van der Waals surface area contributed by atoms with Gasteiger partial charge >= 0.3 is 5.97 Å². The number of carbonyl (C=O) groups excluding carboxylic acids is 1. The SMILES string of the molecule is CC(Cc1ccccc1C#Cc1c(F)ccc(NC(=O)C(C)(C)C)c1F)C(=O)O. The van der Waals surface area contributed by atoms with Crippen molar-refractivity contribution in [2.45, 2.75) is 34.1 Å². The third kappa shape index (κ3) is 5.64. The molecule has 2 aromatic carbocycles. The van der Waals surface area contributed by atoms with Gasteiger partial charge in [0.2, 0.25) is 5.91 Å². The number of carbonyl (C=O) groups is 2. The molecule has 0 heterocycles. The molecule has 0 aliphatic carbocycles. The van der Waals surface area contributed by atoms with Crippen LogP contribution >= 0.6 is 0 Å². The largest absolute Gasteiger partial charge is 0.481 e. The van der Waals surface area contributed by atoms with E-state index in [-0.39, 0.29) is 12.1 Å². The lowest BCUT2D eigenvalue weighted by Gasteiger charge is -2.18. The summed E-state index contributed by atoms with van der Waals surface area (Å²) < 4.78 is 29.0. The smallest absolute Gasteiger partial charge is 0.306 e. The monoisotopic (exact) mass is 399 g/mol. The van der Waals surface area contributed by atoms with E-state index in [0.717, 1.165) is 12.1 Å². The average Bonchev–Trinajstić information content (AvgIpc) is 2.64. The lowest BCUT2D eigenvalue weighted by atomic mass is 9.95. The van der Waals surface area contributed by atoms with Crippen molar-refractivity contribution in [2.75, 3.05) is 5.32 Å². The second-order valence-corrected chi connectivity index (χ2v) is 7.84. The van der Waals surface area contributed by atoms with Crippen molar-refractivity contribution in [1.29, 1.82) is 0 Å². The lowest BCUT2D eigenvalue weighted by Crippen LogP contribution is -2.28. The van der Waals surface area contributed by atoms with E-state index in [4.69, 9.17) is 5.11 Å². The zero-order valence-electron chi connectivity index (χ0n) is 16.8. The van der Waals surface area contributed by atoms with Crippen LogP contribution in [0.5, 0.6) is 0 Å². The summed E-state index contributed by atoms with van der Waals surface area (Å²) in [5.74, 6) is 1.46. The molecule has 0 aliphatic heterocycles. The Morgan fingerprint density at radius 3 is 2.38 bits per heavy atom. The number of hydrogen-bond acceptors (Lipinski definition) is 2. The van der Waals surface area contributed by atoms with Crippen LogP contribution < -0.4 is 5.32 Å². The van der Waals surface area contributed by atoms with Crippen LogP contribution in [0.1, 0.15) is 44.4 Å². The highest BCUT2D eigenvalue weighted by Gasteiger charge is 2.23. The molecule has 0 saturated heterocycles. The number of amides is 1. The van der Waals surface area contributed by atoms with Gasteiger partial charge in [-0.05, 0) is 30.2 Å². The Balaban J connectivity index is 2.40. The molecule has 0 fully saturated rings. The van der Waals surface area contributed by atoms with Crippen LogP contribution in [-0.4, -0.2) is 17.0 Å². The van der Waals surface area contributed by atoms with Crippen LogP contribution in [0.2, 0.25) is 0 Å². The van der Waals surface area contributed by atoms with Crippen molar-refractivity contribution in [3.63, 3.8) is 0 Å². The Morgan fingerprint density at radius 2 is 1.76 bits per heavy atom. The predicted octanol–water partition coefficient (Wildman–Crippen LogP) is 4.61. The first-order valence-electron chi connectivity index (χ1n) is 9.13. The number of halogens is 2. The first-order valence-corrected chi connectivity index (χ1v) is 9.13. The van der Waals surface area contributed by atoms with E-state index in [9.17, 15) is 18.4 Å². The number of anilines is 1. The van der Waals surface area contributed by atoms with E-state index in [1.54, 1.807) is 52.0 Å². The molecule has 1 atom stereocenters. The van der Waals surface area contributed by atoms with Gasteiger partial charge in [-0.3, -0.25) is 9.59 Å². The molecule has 1 unspecified atom stereocenters. The number of nitrogens with one attached hydrogen (secondary N) is 1. The topological polar surface area (TPSA) is 66.4 Å². The molecule has 0 spiro atoms. The predicted molar refractivity (Wildman–Crippen MR) is 107 cm³/mol. The highest BCUT2D eigenvalue weighted by molar-refractivity contribution is 5.94. The highest BCUT2D eigenvalue weighted by Crippen LogP contribution is 2.24. The maximum absolute atomic E-state index is 14.8. The molecule has 1 amide bonds. The summed E-state index contributed by atoms with van der Waals surface area (Å²) >= 11 is 0. The number of benzene rings is 2. The molecule has 0 bridgehead atoms. The number of rotatable bonds is 4. The van der Waals surface area contributed by atoms with Gasteiger partial charge in [0.1, 0.15) is 5.82 Å². The molecule has 0 aromatic heterocycles. The van der Waals surface area contributed by atoms with Gasteiger partial charge < -0.3 is 10.4 Å². The molecular formula is C23H23F2NO3. The van der Waals surface area contributed by atoms with E-state index in [2.05, 4.69) is 17.2 Å². The van der Waals surface area contributed by atoms with Crippen LogP contribution in [-0.2, 0) is 16.0 Å². The summed E-state index contributed by atoms with van der Waals surface area (Å²) in [6.45, 7) is 6.62. The van der Waals surface area contributed by atoms with Gasteiger partial charge in [0.25, 0.3) is 0 Å². The molecule has 2 aromatic rings. The molecule has 4 nitrogen and oxygen atoms in total.